The Morgan fingerprint density at radius 3 is 2.48 bits per heavy atom. The molecule has 0 fully saturated rings. The Hall–Kier alpha value is -2.13. The Labute approximate surface area is 126 Å². The second kappa shape index (κ2) is 7.60. The first kappa shape index (κ1) is 15.3. The molecule has 0 aliphatic heterocycles. The topological polar surface area (TPSA) is 55.1 Å². The van der Waals surface area contributed by atoms with Gasteiger partial charge in [0.15, 0.2) is 0 Å². The van der Waals surface area contributed by atoms with Gasteiger partial charge in [0.05, 0.1) is 0 Å². The zero-order valence-electron chi connectivity index (χ0n) is 12.4. The molecule has 110 valence electrons. The first-order valence-corrected chi connectivity index (χ1v) is 7.43. The first-order chi connectivity index (χ1) is 10.3. The number of benzene rings is 2. The van der Waals surface area contributed by atoms with Gasteiger partial charge < -0.3 is 11.1 Å². The summed E-state index contributed by atoms with van der Waals surface area (Å²) in [5, 5.41) is 2.93. The van der Waals surface area contributed by atoms with E-state index in [1.54, 1.807) is 0 Å². The van der Waals surface area contributed by atoms with Gasteiger partial charge in [-0.3, -0.25) is 4.79 Å². The van der Waals surface area contributed by atoms with E-state index in [1.807, 2.05) is 31.2 Å². The number of amides is 1. The molecule has 0 aliphatic carbocycles. The Bertz CT molecular complexity index is 590. The normalized spacial score (nSPS) is 10.4. The van der Waals surface area contributed by atoms with E-state index in [2.05, 4.69) is 29.6 Å². The lowest BCUT2D eigenvalue weighted by Gasteiger charge is -2.10. The molecule has 0 spiro atoms. The second-order valence-electron chi connectivity index (χ2n) is 5.04. The molecule has 0 radical (unpaired) electrons. The van der Waals surface area contributed by atoms with Crippen molar-refractivity contribution in [2.45, 2.75) is 19.8 Å². The van der Waals surface area contributed by atoms with Crippen molar-refractivity contribution >= 4 is 5.91 Å². The van der Waals surface area contributed by atoms with Gasteiger partial charge in [-0.1, -0.05) is 49.4 Å². The van der Waals surface area contributed by atoms with E-state index < -0.39 is 0 Å². The van der Waals surface area contributed by atoms with Gasteiger partial charge in [-0.05, 0) is 42.1 Å². The van der Waals surface area contributed by atoms with Crippen molar-refractivity contribution in [3.63, 3.8) is 0 Å². The van der Waals surface area contributed by atoms with E-state index in [0.717, 1.165) is 29.5 Å². The molecule has 0 saturated carbocycles. The quantitative estimate of drug-likeness (QED) is 0.855. The van der Waals surface area contributed by atoms with Crippen LogP contribution in [0.1, 0.15) is 29.3 Å². The number of nitrogens with two attached hydrogens (primary N) is 1. The largest absolute Gasteiger partial charge is 0.352 e. The molecule has 2 aromatic rings. The van der Waals surface area contributed by atoms with Gasteiger partial charge >= 0.3 is 0 Å². The minimum Gasteiger partial charge on any atom is -0.352 e. The predicted octanol–water partition coefficient (Wildman–Crippen LogP) is 2.99. The number of rotatable bonds is 6. The van der Waals surface area contributed by atoms with Crippen molar-refractivity contribution in [1.82, 2.24) is 5.32 Å². The van der Waals surface area contributed by atoms with Crippen molar-refractivity contribution in [3.05, 3.63) is 59.7 Å². The van der Waals surface area contributed by atoms with E-state index >= 15 is 0 Å². The van der Waals surface area contributed by atoms with Gasteiger partial charge in [-0.25, -0.2) is 0 Å². The summed E-state index contributed by atoms with van der Waals surface area (Å²) in [6.07, 6.45) is 1.81. The van der Waals surface area contributed by atoms with Crippen molar-refractivity contribution in [2.75, 3.05) is 13.1 Å². The third-order valence-corrected chi connectivity index (χ3v) is 3.41. The number of carbonyl (C=O) groups excluding carboxylic acids is 1. The monoisotopic (exact) mass is 282 g/mol. The molecule has 21 heavy (non-hydrogen) atoms. The predicted molar refractivity (Wildman–Crippen MR) is 87.3 cm³/mol. The summed E-state index contributed by atoms with van der Waals surface area (Å²) in [7, 11) is 0. The number of hydrogen-bond donors (Lipinski definition) is 2. The maximum absolute atomic E-state index is 12.2. The van der Waals surface area contributed by atoms with Crippen LogP contribution in [0.2, 0.25) is 0 Å². The Kier molecular flexibility index (Phi) is 5.52. The van der Waals surface area contributed by atoms with Crippen LogP contribution in [0.15, 0.2) is 48.5 Å². The summed E-state index contributed by atoms with van der Waals surface area (Å²) in [5.41, 5.74) is 9.52. The van der Waals surface area contributed by atoms with Crippen LogP contribution in [-0.2, 0) is 6.42 Å². The van der Waals surface area contributed by atoms with E-state index in [0.29, 0.717) is 13.1 Å². The third-order valence-electron chi connectivity index (χ3n) is 3.41. The molecule has 2 aromatic carbocycles. The highest BCUT2D eigenvalue weighted by atomic mass is 16.1. The van der Waals surface area contributed by atoms with Gasteiger partial charge in [0.2, 0.25) is 0 Å². The highest BCUT2D eigenvalue weighted by Crippen LogP contribution is 2.24. The molecule has 3 heteroatoms. The number of nitrogens with one attached hydrogen (secondary N) is 1. The first-order valence-electron chi connectivity index (χ1n) is 7.43. The van der Waals surface area contributed by atoms with Crippen LogP contribution >= 0.6 is 0 Å². The van der Waals surface area contributed by atoms with Crippen LogP contribution in [0.4, 0.5) is 0 Å². The molecule has 3 nitrogen and oxygen atoms in total. The summed E-state index contributed by atoms with van der Waals surface area (Å²) >= 11 is 0. The van der Waals surface area contributed by atoms with Crippen molar-refractivity contribution < 1.29 is 4.79 Å². The van der Waals surface area contributed by atoms with E-state index in [1.165, 1.54) is 5.56 Å². The minimum atomic E-state index is -0.0153. The zero-order valence-corrected chi connectivity index (χ0v) is 12.4. The molecule has 0 unspecified atom stereocenters. The summed E-state index contributed by atoms with van der Waals surface area (Å²) in [5.74, 6) is -0.0153. The fourth-order valence-electron chi connectivity index (χ4n) is 2.28. The van der Waals surface area contributed by atoms with Crippen LogP contribution in [0.5, 0.6) is 0 Å². The van der Waals surface area contributed by atoms with E-state index in [4.69, 9.17) is 5.73 Å². The zero-order chi connectivity index (χ0) is 15.1. The molecule has 0 heterocycles. The minimum absolute atomic E-state index is 0.0153. The fourth-order valence-corrected chi connectivity index (χ4v) is 2.28. The highest BCUT2D eigenvalue weighted by Gasteiger charge is 2.11. The molecular formula is C18H22N2O. The second-order valence-corrected chi connectivity index (χ2v) is 5.04. The smallest absolute Gasteiger partial charge is 0.251 e. The van der Waals surface area contributed by atoms with Gasteiger partial charge in [0.25, 0.3) is 5.91 Å². The maximum Gasteiger partial charge on any atom is 0.251 e. The molecule has 2 rings (SSSR count). The SMILES string of the molecule is CCCNC(=O)c1ccccc1-c1ccc(CCN)cc1. The molecule has 3 N–H and O–H groups in total. The molecule has 1 amide bonds. The Morgan fingerprint density at radius 2 is 1.81 bits per heavy atom. The van der Waals surface area contributed by atoms with Gasteiger partial charge in [0.1, 0.15) is 0 Å². The Morgan fingerprint density at radius 1 is 1.10 bits per heavy atom. The molecule has 0 bridgehead atoms. The average Bonchev–Trinajstić information content (AvgIpc) is 2.54. The van der Waals surface area contributed by atoms with Crippen LogP contribution in [-0.4, -0.2) is 19.0 Å². The van der Waals surface area contributed by atoms with Crippen LogP contribution in [0.25, 0.3) is 11.1 Å². The number of hydrogen-bond acceptors (Lipinski definition) is 2. The lowest BCUT2D eigenvalue weighted by atomic mass is 9.97. The van der Waals surface area contributed by atoms with Crippen molar-refractivity contribution in [1.29, 1.82) is 0 Å². The van der Waals surface area contributed by atoms with E-state index in [-0.39, 0.29) is 5.91 Å². The standard InChI is InChI=1S/C18H22N2O/c1-2-13-20-18(21)17-6-4-3-5-16(17)15-9-7-14(8-10-15)11-12-19/h3-10H,2,11-13,19H2,1H3,(H,20,21). The van der Waals surface area contributed by atoms with Crippen molar-refractivity contribution in [2.24, 2.45) is 5.73 Å². The van der Waals surface area contributed by atoms with E-state index in [9.17, 15) is 4.79 Å². The van der Waals surface area contributed by atoms with Crippen LogP contribution < -0.4 is 11.1 Å². The van der Waals surface area contributed by atoms with Gasteiger partial charge in [-0.2, -0.15) is 0 Å². The molecular weight excluding hydrogens is 260 g/mol. The summed E-state index contributed by atoms with van der Waals surface area (Å²) in [4.78, 5) is 12.2. The van der Waals surface area contributed by atoms with Gasteiger partial charge in [0, 0.05) is 12.1 Å². The highest BCUT2D eigenvalue weighted by molar-refractivity contribution is 6.00. The maximum atomic E-state index is 12.2. The Balaban J connectivity index is 2.28. The fraction of sp³-hybridized carbons (Fsp3) is 0.278. The lowest BCUT2D eigenvalue weighted by molar-refractivity contribution is 0.0954. The van der Waals surface area contributed by atoms with Crippen LogP contribution in [0, 0.1) is 0 Å². The molecule has 0 saturated heterocycles. The third kappa shape index (κ3) is 3.92. The van der Waals surface area contributed by atoms with Crippen molar-refractivity contribution in [3.8, 4) is 11.1 Å². The summed E-state index contributed by atoms with van der Waals surface area (Å²) in [6, 6.07) is 16.0. The number of carbonyl (C=O) groups is 1. The van der Waals surface area contributed by atoms with Crippen LogP contribution in [0.3, 0.4) is 0 Å². The average molecular weight is 282 g/mol. The molecule has 0 aromatic heterocycles. The molecule has 0 atom stereocenters. The summed E-state index contributed by atoms with van der Waals surface area (Å²) < 4.78 is 0. The van der Waals surface area contributed by atoms with Gasteiger partial charge in [-0.15, -0.1) is 0 Å². The lowest BCUT2D eigenvalue weighted by Crippen LogP contribution is -2.24. The molecule has 0 aliphatic rings. The summed E-state index contributed by atoms with van der Waals surface area (Å²) in [6.45, 7) is 3.39.